The maximum Gasteiger partial charge on any atom is 0.334 e. The van der Waals surface area contributed by atoms with Gasteiger partial charge in [0.05, 0.1) is 23.8 Å². The molecule has 0 rings (SSSR count). The van der Waals surface area contributed by atoms with Crippen molar-refractivity contribution in [1.29, 1.82) is 0 Å². The summed E-state index contributed by atoms with van der Waals surface area (Å²) in [5.74, 6) is 0.294. The quantitative estimate of drug-likeness (QED) is 0.255. The van der Waals surface area contributed by atoms with Gasteiger partial charge >= 0.3 is 5.97 Å². The van der Waals surface area contributed by atoms with Crippen LogP contribution >= 0.6 is 15.9 Å². The summed E-state index contributed by atoms with van der Waals surface area (Å²) in [4.78, 5) is 11.1. The molecule has 0 N–H and O–H groups in total. The van der Waals surface area contributed by atoms with Crippen LogP contribution in [0.1, 0.15) is 6.92 Å². The number of halogens is 1. The lowest BCUT2D eigenvalue weighted by Crippen LogP contribution is -2.25. The van der Waals surface area contributed by atoms with Gasteiger partial charge in [-0.25, -0.2) is 4.79 Å². The van der Waals surface area contributed by atoms with Gasteiger partial charge in [0.15, 0.2) is 0 Å². The van der Waals surface area contributed by atoms with E-state index in [2.05, 4.69) is 35.6 Å². The van der Waals surface area contributed by atoms with E-state index in [1.54, 1.807) is 6.92 Å². The summed E-state index contributed by atoms with van der Waals surface area (Å²) < 4.78 is 10.4. The van der Waals surface area contributed by atoms with E-state index in [4.69, 9.17) is 9.16 Å². The Labute approximate surface area is 94.7 Å². The predicted molar refractivity (Wildman–Crippen MR) is 62.9 cm³/mol. The second-order valence-electron chi connectivity index (χ2n) is 3.71. The average Bonchev–Trinajstić information content (AvgIpc) is 2.01. The summed E-state index contributed by atoms with van der Waals surface area (Å²) in [6.07, 6.45) is 1.40. The molecule has 0 aromatic heterocycles. The minimum absolute atomic E-state index is 0.347. The van der Waals surface area contributed by atoms with Gasteiger partial charge in [-0.2, -0.15) is 0 Å². The van der Waals surface area contributed by atoms with E-state index < -0.39 is 8.32 Å². The molecule has 0 heterocycles. The Morgan fingerprint density at radius 2 is 2.00 bits per heavy atom. The van der Waals surface area contributed by atoms with E-state index in [0.717, 1.165) is 0 Å². The molecular weight excluding hydrogens is 264 g/mol. The zero-order valence-electron chi connectivity index (χ0n) is 9.09. The molecule has 0 radical (unpaired) electrons. The van der Waals surface area contributed by atoms with Crippen LogP contribution in [0.25, 0.3) is 0 Å². The van der Waals surface area contributed by atoms with Crippen LogP contribution < -0.4 is 0 Å². The van der Waals surface area contributed by atoms with E-state index in [9.17, 15) is 4.79 Å². The van der Waals surface area contributed by atoms with Crippen molar-refractivity contribution < 1.29 is 14.0 Å². The molecule has 0 aromatic carbocycles. The average molecular weight is 281 g/mol. The first-order valence-corrected chi connectivity index (χ1v) is 9.04. The van der Waals surface area contributed by atoms with Gasteiger partial charge in [0, 0.05) is 0 Å². The largest absolute Gasteiger partial charge is 0.546 e. The third-order valence-electron chi connectivity index (χ3n) is 1.13. The molecule has 0 aromatic rings. The van der Waals surface area contributed by atoms with Crippen LogP contribution in [-0.2, 0) is 14.0 Å². The standard InChI is InChI=1S/C9H17BrO3Si/c1-5-12-9(11)6-8(7-10)13-14(2,3)4/h6H,5,7H2,1-4H3/b8-6-. The summed E-state index contributed by atoms with van der Waals surface area (Å²) in [5, 5.41) is 0.538. The lowest BCUT2D eigenvalue weighted by molar-refractivity contribution is -0.137. The first-order valence-electron chi connectivity index (χ1n) is 4.51. The van der Waals surface area contributed by atoms with Gasteiger partial charge in [0.25, 0.3) is 0 Å². The lowest BCUT2D eigenvalue weighted by Gasteiger charge is -2.20. The normalized spacial score (nSPS) is 12.5. The maximum absolute atomic E-state index is 11.1. The number of esters is 1. The topological polar surface area (TPSA) is 35.5 Å². The molecule has 0 unspecified atom stereocenters. The number of allylic oxidation sites excluding steroid dienone is 1. The molecular formula is C9H17BrO3Si. The second kappa shape index (κ2) is 6.24. The number of carbonyl (C=O) groups is 1. The third kappa shape index (κ3) is 7.14. The predicted octanol–water partition coefficient (Wildman–Crippen LogP) is 2.68. The van der Waals surface area contributed by atoms with E-state index in [1.807, 2.05) is 0 Å². The van der Waals surface area contributed by atoms with Crippen LogP contribution in [0.3, 0.4) is 0 Å². The summed E-state index contributed by atoms with van der Waals surface area (Å²) in [6, 6.07) is 0. The van der Waals surface area contributed by atoms with Gasteiger partial charge < -0.3 is 9.16 Å². The third-order valence-corrected chi connectivity index (χ3v) is 2.56. The molecule has 0 aliphatic heterocycles. The molecule has 0 aliphatic carbocycles. The Balaban J connectivity index is 4.32. The van der Waals surface area contributed by atoms with Crippen LogP contribution in [0.2, 0.25) is 19.6 Å². The second-order valence-corrected chi connectivity index (χ2v) is 8.70. The highest BCUT2D eigenvalue weighted by Gasteiger charge is 2.17. The van der Waals surface area contributed by atoms with Crippen LogP contribution in [-0.4, -0.2) is 26.2 Å². The summed E-state index contributed by atoms with van der Waals surface area (Å²) >= 11 is 3.27. The Bertz CT molecular complexity index is 221. The number of carbonyl (C=O) groups excluding carboxylic acids is 1. The minimum Gasteiger partial charge on any atom is -0.546 e. The molecule has 14 heavy (non-hydrogen) atoms. The molecule has 0 aliphatic rings. The van der Waals surface area contributed by atoms with Gasteiger partial charge in [0.1, 0.15) is 0 Å². The monoisotopic (exact) mass is 280 g/mol. The van der Waals surface area contributed by atoms with Crippen molar-refractivity contribution in [2.75, 3.05) is 11.9 Å². The van der Waals surface area contributed by atoms with Crippen molar-refractivity contribution in [1.82, 2.24) is 0 Å². The molecule has 5 heteroatoms. The fourth-order valence-electron chi connectivity index (χ4n) is 0.804. The van der Waals surface area contributed by atoms with Gasteiger partial charge in [-0.05, 0) is 26.6 Å². The Hall–Kier alpha value is -0.293. The maximum atomic E-state index is 11.1. The minimum atomic E-state index is -1.64. The highest BCUT2D eigenvalue weighted by molar-refractivity contribution is 9.09. The molecule has 0 atom stereocenters. The SMILES string of the molecule is CCOC(=O)/C=C(/CBr)O[Si](C)(C)C. The van der Waals surface area contributed by atoms with Crippen LogP contribution in [0, 0.1) is 0 Å². The molecule has 0 spiro atoms. The lowest BCUT2D eigenvalue weighted by atomic mass is 10.5. The molecule has 0 saturated heterocycles. The number of alkyl halides is 1. The molecule has 0 amide bonds. The zero-order valence-corrected chi connectivity index (χ0v) is 11.7. The number of rotatable bonds is 5. The number of hydrogen-bond acceptors (Lipinski definition) is 3. The fraction of sp³-hybridized carbons (Fsp3) is 0.667. The van der Waals surface area contributed by atoms with E-state index in [-0.39, 0.29) is 5.97 Å². The highest BCUT2D eigenvalue weighted by atomic mass is 79.9. The Morgan fingerprint density at radius 1 is 1.43 bits per heavy atom. The summed E-state index contributed by atoms with van der Waals surface area (Å²) in [5.41, 5.74) is 0. The molecule has 0 fully saturated rings. The highest BCUT2D eigenvalue weighted by Crippen LogP contribution is 2.12. The molecule has 82 valence electrons. The van der Waals surface area contributed by atoms with Crippen LogP contribution in [0.4, 0.5) is 0 Å². The van der Waals surface area contributed by atoms with Crippen molar-refractivity contribution >= 4 is 30.2 Å². The Kier molecular flexibility index (Phi) is 6.11. The van der Waals surface area contributed by atoms with Gasteiger partial charge in [-0.3, -0.25) is 0 Å². The van der Waals surface area contributed by atoms with Crippen molar-refractivity contribution in [2.45, 2.75) is 26.6 Å². The van der Waals surface area contributed by atoms with E-state index in [1.165, 1.54) is 6.08 Å². The van der Waals surface area contributed by atoms with Crippen LogP contribution in [0.5, 0.6) is 0 Å². The van der Waals surface area contributed by atoms with Gasteiger partial charge in [-0.15, -0.1) is 0 Å². The molecule has 0 bridgehead atoms. The van der Waals surface area contributed by atoms with Gasteiger partial charge in [-0.1, -0.05) is 15.9 Å². The van der Waals surface area contributed by atoms with Gasteiger partial charge in [0.2, 0.25) is 8.32 Å². The van der Waals surface area contributed by atoms with Crippen molar-refractivity contribution in [3.05, 3.63) is 11.8 Å². The first-order chi connectivity index (χ1) is 6.39. The van der Waals surface area contributed by atoms with Crippen molar-refractivity contribution in [3.8, 4) is 0 Å². The van der Waals surface area contributed by atoms with Crippen molar-refractivity contribution in [2.24, 2.45) is 0 Å². The smallest absolute Gasteiger partial charge is 0.334 e. The Morgan fingerprint density at radius 3 is 2.36 bits per heavy atom. The summed E-state index contributed by atoms with van der Waals surface area (Å²) in [6.45, 7) is 8.36. The zero-order chi connectivity index (χ0) is 11.2. The van der Waals surface area contributed by atoms with Crippen LogP contribution in [0.15, 0.2) is 11.8 Å². The number of hydrogen-bond donors (Lipinski definition) is 0. The molecule has 3 nitrogen and oxygen atoms in total. The van der Waals surface area contributed by atoms with E-state index >= 15 is 0 Å². The fourth-order valence-corrected chi connectivity index (χ4v) is 2.21. The number of ether oxygens (including phenoxy) is 1. The van der Waals surface area contributed by atoms with Crippen molar-refractivity contribution in [3.63, 3.8) is 0 Å². The van der Waals surface area contributed by atoms with E-state index in [0.29, 0.717) is 17.7 Å². The first kappa shape index (κ1) is 13.7. The molecule has 0 saturated carbocycles. The summed E-state index contributed by atoms with van der Waals surface area (Å²) in [7, 11) is -1.64.